The Morgan fingerprint density at radius 3 is 2.52 bits per heavy atom. The third kappa shape index (κ3) is 4.68. The quantitative estimate of drug-likeness (QED) is 0.296. The first kappa shape index (κ1) is 18.9. The Morgan fingerprint density at radius 2 is 2.09 bits per heavy atom. The van der Waals surface area contributed by atoms with Crippen LogP contribution >= 0.6 is 0 Å². The van der Waals surface area contributed by atoms with Gasteiger partial charge in [-0.15, -0.1) is 0 Å². The van der Waals surface area contributed by atoms with E-state index in [4.69, 9.17) is 27.0 Å². The molecule has 1 aliphatic carbocycles. The van der Waals surface area contributed by atoms with E-state index in [1.807, 2.05) is 0 Å². The van der Waals surface area contributed by atoms with Crippen molar-refractivity contribution in [2.24, 2.45) is 22.8 Å². The summed E-state index contributed by atoms with van der Waals surface area (Å²) in [7, 11) is 0. The molecule has 0 saturated heterocycles. The molecule has 2 atom stereocenters. The molecule has 1 rings (SSSR count). The monoisotopic (exact) mass is 320 g/mol. The van der Waals surface area contributed by atoms with Crippen LogP contribution in [0.25, 0.3) is 0 Å². The molecule has 1 aliphatic rings. The lowest BCUT2D eigenvalue weighted by atomic mass is 9.78. The molecule has 0 fully saturated rings. The van der Waals surface area contributed by atoms with Crippen molar-refractivity contribution in [2.75, 3.05) is 6.61 Å². The standard InChI is InChI=1S/C17H28N4O2/c1-3-5-6-12(4-2)11-23-16(22)17(15(20)21)9-7-13(8-10-17)14(18)19/h7-9,12H,3-6,10-11H2,1-2H3,(H3,18,19)(H3,20,21). The van der Waals surface area contributed by atoms with Crippen molar-refractivity contribution in [2.45, 2.75) is 46.0 Å². The van der Waals surface area contributed by atoms with Crippen LogP contribution in [-0.4, -0.2) is 24.2 Å². The number of amidine groups is 2. The molecule has 23 heavy (non-hydrogen) atoms. The number of allylic oxidation sites excluding steroid dienone is 1. The van der Waals surface area contributed by atoms with Crippen molar-refractivity contribution < 1.29 is 9.53 Å². The maximum atomic E-state index is 12.5. The lowest BCUT2D eigenvalue weighted by molar-refractivity contribution is -0.151. The maximum absolute atomic E-state index is 12.5. The Balaban J connectivity index is 2.76. The van der Waals surface area contributed by atoms with Gasteiger partial charge in [0.1, 0.15) is 17.1 Å². The molecule has 0 saturated carbocycles. The molecule has 0 radical (unpaired) electrons. The van der Waals surface area contributed by atoms with Gasteiger partial charge in [-0.25, -0.2) is 0 Å². The third-order valence-corrected chi connectivity index (χ3v) is 4.34. The lowest BCUT2D eigenvalue weighted by Crippen LogP contribution is -2.44. The van der Waals surface area contributed by atoms with E-state index in [0.29, 0.717) is 18.1 Å². The largest absolute Gasteiger partial charge is 0.464 e. The zero-order valence-electron chi connectivity index (χ0n) is 14.0. The van der Waals surface area contributed by atoms with E-state index in [0.717, 1.165) is 25.7 Å². The summed E-state index contributed by atoms with van der Waals surface area (Å²) in [5.41, 5.74) is 10.4. The fourth-order valence-electron chi connectivity index (χ4n) is 2.52. The van der Waals surface area contributed by atoms with Crippen LogP contribution in [0.2, 0.25) is 0 Å². The minimum atomic E-state index is -1.28. The molecule has 6 nitrogen and oxygen atoms in total. The normalized spacial score (nSPS) is 21.4. The van der Waals surface area contributed by atoms with Crippen molar-refractivity contribution >= 4 is 17.6 Å². The highest BCUT2D eigenvalue weighted by Gasteiger charge is 2.42. The van der Waals surface area contributed by atoms with Crippen LogP contribution in [0.1, 0.15) is 46.0 Å². The average Bonchev–Trinajstić information content (AvgIpc) is 2.54. The van der Waals surface area contributed by atoms with Gasteiger partial charge in [0.15, 0.2) is 0 Å². The van der Waals surface area contributed by atoms with Crippen LogP contribution < -0.4 is 11.5 Å². The van der Waals surface area contributed by atoms with E-state index in [9.17, 15) is 4.79 Å². The number of ether oxygens (including phenoxy) is 1. The summed E-state index contributed by atoms with van der Waals surface area (Å²) >= 11 is 0. The van der Waals surface area contributed by atoms with Gasteiger partial charge in [-0.3, -0.25) is 15.6 Å². The number of carbonyl (C=O) groups excluding carboxylic acids is 1. The van der Waals surface area contributed by atoms with Crippen LogP contribution in [-0.2, 0) is 9.53 Å². The van der Waals surface area contributed by atoms with Crippen LogP contribution in [0.4, 0.5) is 0 Å². The fourth-order valence-corrected chi connectivity index (χ4v) is 2.52. The number of unbranched alkanes of at least 4 members (excludes halogenated alkanes) is 1. The molecular formula is C17H28N4O2. The van der Waals surface area contributed by atoms with Crippen molar-refractivity contribution in [3.63, 3.8) is 0 Å². The van der Waals surface area contributed by atoms with Gasteiger partial charge in [0.2, 0.25) is 0 Å². The van der Waals surface area contributed by atoms with Gasteiger partial charge in [0.25, 0.3) is 0 Å². The SMILES string of the molecule is CCCCC(CC)COC(=O)C1(C(=N)N)C=CC(C(=N)N)=CC1. The highest BCUT2D eigenvalue weighted by molar-refractivity contribution is 6.07. The Kier molecular flexibility index (Phi) is 7.00. The number of carbonyl (C=O) groups is 1. The number of hydrogen-bond donors (Lipinski definition) is 4. The number of esters is 1. The number of rotatable bonds is 9. The van der Waals surface area contributed by atoms with E-state index >= 15 is 0 Å². The first-order chi connectivity index (χ1) is 10.9. The summed E-state index contributed by atoms with van der Waals surface area (Å²) in [5.74, 6) is -0.495. The third-order valence-electron chi connectivity index (χ3n) is 4.34. The zero-order valence-corrected chi connectivity index (χ0v) is 14.0. The second-order valence-corrected chi connectivity index (χ2v) is 6.01. The molecule has 0 aliphatic heterocycles. The van der Waals surface area contributed by atoms with Gasteiger partial charge in [-0.05, 0) is 18.8 Å². The second-order valence-electron chi connectivity index (χ2n) is 6.01. The molecule has 0 aromatic rings. The highest BCUT2D eigenvalue weighted by atomic mass is 16.5. The van der Waals surface area contributed by atoms with Crippen molar-refractivity contribution in [1.82, 2.24) is 0 Å². The second kappa shape index (κ2) is 8.50. The molecule has 0 heterocycles. The van der Waals surface area contributed by atoms with E-state index in [2.05, 4.69) is 13.8 Å². The smallest absolute Gasteiger partial charge is 0.323 e. The van der Waals surface area contributed by atoms with Gasteiger partial charge in [-0.1, -0.05) is 51.3 Å². The molecule has 0 bridgehead atoms. The first-order valence-electron chi connectivity index (χ1n) is 8.12. The molecule has 6 N–H and O–H groups in total. The summed E-state index contributed by atoms with van der Waals surface area (Å²) in [5, 5.41) is 15.2. The van der Waals surface area contributed by atoms with Gasteiger partial charge < -0.3 is 16.2 Å². The zero-order chi connectivity index (χ0) is 17.5. The molecule has 0 spiro atoms. The van der Waals surface area contributed by atoms with E-state index < -0.39 is 11.4 Å². The number of nitrogens with one attached hydrogen (secondary N) is 2. The van der Waals surface area contributed by atoms with Gasteiger partial charge in [0, 0.05) is 5.57 Å². The molecular weight excluding hydrogens is 292 g/mol. The molecule has 0 amide bonds. The first-order valence-corrected chi connectivity index (χ1v) is 8.12. The number of hydrogen-bond acceptors (Lipinski definition) is 4. The summed E-state index contributed by atoms with van der Waals surface area (Å²) in [6.07, 6.45) is 9.13. The predicted molar refractivity (Wildman–Crippen MR) is 92.4 cm³/mol. The summed E-state index contributed by atoms with van der Waals surface area (Å²) in [6, 6.07) is 0. The van der Waals surface area contributed by atoms with E-state index in [-0.39, 0.29) is 18.1 Å². The van der Waals surface area contributed by atoms with Crippen LogP contribution in [0.15, 0.2) is 23.8 Å². The van der Waals surface area contributed by atoms with Crippen molar-refractivity contribution in [3.05, 3.63) is 23.8 Å². The Hall–Kier alpha value is -2.11. The highest BCUT2D eigenvalue weighted by Crippen LogP contribution is 2.32. The molecule has 0 aromatic heterocycles. The topological polar surface area (TPSA) is 126 Å². The van der Waals surface area contributed by atoms with E-state index in [1.165, 1.54) is 6.08 Å². The average molecular weight is 320 g/mol. The van der Waals surface area contributed by atoms with Gasteiger partial charge in [0.05, 0.1) is 6.61 Å². The Labute approximate surface area is 138 Å². The fraction of sp³-hybridized carbons (Fsp3) is 0.588. The molecule has 2 unspecified atom stereocenters. The predicted octanol–water partition coefficient (Wildman–Crippen LogP) is 2.49. The van der Waals surface area contributed by atoms with Crippen LogP contribution in [0.5, 0.6) is 0 Å². The van der Waals surface area contributed by atoms with E-state index in [1.54, 1.807) is 12.2 Å². The summed E-state index contributed by atoms with van der Waals surface area (Å²) in [4.78, 5) is 12.5. The minimum Gasteiger partial charge on any atom is -0.464 e. The van der Waals surface area contributed by atoms with Crippen LogP contribution in [0, 0.1) is 22.2 Å². The lowest BCUT2D eigenvalue weighted by Gasteiger charge is -2.29. The summed E-state index contributed by atoms with van der Waals surface area (Å²) < 4.78 is 5.47. The van der Waals surface area contributed by atoms with Gasteiger partial charge in [-0.2, -0.15) is 0 Å². The van der Waals surface area contributed by atoms with Crippen LogP contribution in [0.3, 0.4) is 0 Å². The van der Waals surface area contributed by atoms with Gasteiger partial charge >= 0.3 is 5.97 Å². The van der Waals surface area contributed by atoms with Crippen molar-refractivity contribution in [3.8, 4) is 0 Å². The Bertz CT molecular complexity index is 525. The summed E-state index contributed by atoms with van der Waals surface area (Å²) in [6.45, 7) is 4.56. The maximum Gasteiger partial charge on any atom is 0.323 e. The number of nitrogens with two attached hydrogens (primary N) is 2. The van der Waals surface area contributed by atoms with Crippen molar-refractivity contribution in [1.29, 1.82) is 10.8 Å². The molecule has 0 aromatic carbocycles. The molecule has 128 valence electrons. The minimum absolute atomic E-state index is 0.0719. The Morgan fingerprint density at radius 1 is 1.39 bits per heavy atom. The molecule has 6 heteroatoms.